The maximum atomic E-state index is 5.77. The Labute approximate surface area is 494 Å². The third-order valence-electron chi connectivity index (χ3n) is 18.8. The molecule has 2 aliphatic carbocycles. The van der Waals surface area contributed by atoms with Crippen LogP contribution >= 0.6 is 22.7 Å². The van der Waals surface area contributed by atoms with Crippen LogP contribution in [0, 0.1) is 0 Å². The summed E-state index contributed by atoms with van der Waals surface area (Å²) in [6.07, 6.45) is 29.0. The number of hydrogen-bond donors (Lipinski definition) is 0. The quantitative estimate of drug-likeness (QED) is 0.0344. The number of pyridine rings is 2. The Morgan fingerprint density at radius 3 is 1.07 bits per heavy atom. The van der Waals surface area contributed by atoms with Crippen molar-refractivity contribution in [3.8, 4) is 64.0 Å². The van der Waals surface area contributed by atoms with E-state index >= 15 is 0 Å². The fraction of sp³-hybridized carbons (Fsp3) is 0.342. The molecule has 0 fully saturated rings. The van der Waals surface area contributed by atoms with Gasteiger partial charge in [0, 0.05) is 64.6 Å². The zero-order valence-electron chi connectivity index (χ0n) is 48.8. The number of benzene rings is 6. The van der Waals surface area contributed by atoms with Gasteiger partial charge in [0.2, 0.25) is 0 Å². The van der Waals surface area contributed by atoms with Gasteiger partial charge in [-0.2, -0.15) is 0 Å². The monoisotopic (exact) mass is 1110 g/mol. The SMILES string of the molecule is CCCCCCC1(CCCCCC)c2ccccc2-c2ccc(-c3ccc(-c4ccc(-c5ccc(-c6ccc7c(c6)C(CCCCCC)(CCCCCC)c6ccccc6-7)s5)c5nc6c7cccnc7c7ncccc7c6nc45)s3)cc21. The Balaban J connectivity index is 0.923. The van der Waals surface area contributed by atoms with Crippen LogP contribution in [0.2, 0.25) is 0 Å². The van der Waals surface area contributed by atoms with Crippen molar-refractivity contribution in [2.24, 2.45) is 0 Å². The molecule has 11 aromatic rings. The number of fused-ring (bicyclic) bond motifs is 13. The molecule has 0 unspecified atom stereocenters. The van der Waals surface area contributed by atoms with Crippen LogP contribution in [-0.2, 0) is 10.8 Å². The predicted molar refractivity (Wildman–Crippen MR) is 353 cm³/mol. The van der Waals surface area contributed by atoms with E-state index in [4.69, 9.17) is 19.9 Å². The van der Waals surface area contributed by atoms with E-state index in [2.05, 4.69) is 161 Å². The highest BCUT2D eigenvalue weighted by molar-refractivity contribution is 7.19. The average Bonchev–Trinajstić information content (AvgIpc) is 2.04. The molecule has 6 aromatic carbocycles. The van der Waals surface area contributed by atoms with E-state index in [1.807, 2.05) is 47.2 Å². The maximum absolute atomic E-state index is 5.77. The van der Waals surface area contributed by atoms with E-state index in [0.29, 0.717) is 0 Å². The van der Waals surface area contributed by atoms with E-state index in [1.165, 1.54) is 192 Å². The minimum absolute atomic E-state index is 0.0317. The summed E-state index contributed by atoms with van der Waals surface area (Å²) >= 11 is 3.76. The van der Waals surface area contributed by atoms with Gasteiger partial charge in [-0.05, 0) is 142 Å². The van der Waals surface area contributed by atoms with Crippen LogP contribution in [0.4, 0.5) is 0 Å². The van der Waals surface area contributed by atoms with Crippen molar-refractivity contribution in [3.63, 3.8) is 0 Å². The summed E-state index contributed by atoms with van der Waals surface area (Å²) in [5.41, 5.74) is 22.0. The molecule has 0 spiro atoms. The van der Waals surface area contributed by atoms with Crippen LogP contribution in [0.1, 0.15) is 178 Å². The molecule has 6 heteroatoms. The van der Waals surface area contributed by atoms with Crippen LogP contribution in [0.15, 0.2) is 158 Å². The van der Waals surface area contributed by atoms with E-state index in [1.54, 1.807) is 11.1 Å². The molecule has 5 aromatic heterocycles. The third-order valence-corrected chi connectivity index (χ3v) is 21.2. The topological polar surface area (TPSA) is 51.6 Å². The van der Waals surface area contributed by atoms with Crippen LogP contribution in [0.3, 0.4) is 0 Å². The van der Waals surface area contributed by atoms with E-state index in [0.717, 1.165) is 55.0 Å². The molecular weight excluding hydrogens is 1030 g/mol. The molecule has 4 nitrogen and oxygen atoms in total. The minimum atomic E-state index is 0.0317. The number of rotatable bonds is 24. The molecule has 82 heavy (non-hydrogen) atoms. The summed E-state index contributed by atoms with van der Waals surface area (Å²) < 4.78 is 0. The summed E-state index contributed by atoms with van der Waals surface area (Å²) in [5.74, 6) is 0. The molecule has 0 radical (unpaired) electrons. The molecule has 0 aliphatic heterocycles. The first-order valence-electron chi connectivity index (χ1n) is 31.4. The van der Waals surface area contributed by atoms with Gasteiger partial charge in [0.1, 0.15) is 0 Å². The lowest BCUT2D eigenvalue weighted by molar-refractivity contribution is 0.401. The molecule has 13 rings (SSSR count). The second-order valence-electron chi connectivity index (χ2n) is 23.9. The predicted octanol–water partition coefficient (Wildman–Crippen LogP) is 23.1. The highest BCUT2D eigenvalue weighted by Gasteiger charge is 2.44. The van der Waals surface area contributed by atoms with Gasteiger partial charge in [-0.1, -0.05) is 215 Å². The minimum Gasteiger partial charge on any atom is -0.254 e. The summed E-state index contributed by atoms with van der Waals surface area (Å²) in [4.78, 5) is 26.3. The van der Waals surface area contributed by atoms with Gasteiger partial charge >= 0.3 is 0 Å². The normalized spacial score (nSPS) is 13.8. The largest absolute Gasteiger partial charge is 0.254 e. The van der Waals surface area contributed by atoms with Gasteiger partial charge in [0.15, 0.2) is 0 Å². The Morgan fingerprint density at radius 1 is 0.305 bits per heavy atom. The summed E-state index contributed by atoms with van der Waals surface area (Å²) in [7, 11) is 0. The lowest BCUT2D eigenvalue weighted by Crippen LogP contribution is -2.25. The molecule has 0 bridgehead atoms. The Bertz CT molecular complexity index is 3820. The Morgan fingerprint density at radius 2 is 0.671 bits per heavy atom. The first-order chi connectivity index (χ1) is 40.5. The second-order valence-corrected chi connectivity index (χ2v) is 26.1. The van der Waals surface area contributed by atoms with Gasteiger partial charge in [0.25, 0.3) is 0 Å². The standard InChI is InChI=1S/C76H78N4S2/c1-5-9-13-21-43-75(44-22-14-10-6-2)61-31-19-17-27-53(61)55-35-33-51(49-63(55)75)65-39-41-67(81-65)57-37-38-58(72-71(57)79-73-59-29-25-47-77-69(59)70-60(74(73)80-72)30-26-48-78-70)68-42-40-66(82-68)52-34-36-56-54-28-18-20-32-62(54)76(64(56)50-52,45-23-15-11-7-3)46-24-16-12-8-4/h17-20,25-42,47-50H,5-16,21-24,43-46H2,1-4H3. The fourth-order valence-corrected chi connectivity index (χ4v) is 16.8. The molecule has 2 aliphatic rings. The highest BCUT2D eigenvalue weighted by Crippen LogP contribution is 2.57. The van der Waals surface area contributed by atoms with Crippen LogP contribution in [0.25, 0.3) is 108 Å². The Kier molecular flexibility index (Phi) is 15.8. The van der Waals surface area contributed by atoms with E-state index in [-0.39, 0.29) is 10.8 Å². The summed E-state index contributed by atoms with van der Waals surface area (Å²) in [6.45, 7) is 9.31. The maximum Gasteiger partial charge on any atom is 0.0996 e. The van der Waals surface area contributed by atoms with Crippen molar-refractivity contribution in [2.45, 2.75) is 167 Å². The number of unbranched alkanes of at least 4 members (excludes halogenated alkanes) is 12. The second kappa shape index (κ2) is 23.8. The van der Waals surface area contributed by atoms with Gasteiger partial charge in [-0.25, -0.2) is 9.97 Å². The number of hydrogen-bond acceptors (Lipinski definition) is 6. The molecule has 0 saturated carbocycles. The molecule has 0 N–H and O–H groups in total. The van der Waals surface area contributed by atoms with Crippen LogP contribution < -0.4 is 0 Å². The molecule has 0 amide bonds. The van der Waals surface area contributed by atoms with Crippen molar-refractivity contribution in [1.29, 1.82) is 0 Å². The van der Waals surface area contributed by atoms with Crippen molar-refractivity contribution in [1.82, 2.24) is 19.9 Å². The van der Waals surface area contributed by atoms with Gasteiger partial charge < -0.3 is 0 Å². The lowest BCUT2D eigenvalue weighted by atomic mass is 9.70. The molecule has 414 valence electrons. The van der Waals surface area contributed by atoms with Crippen LogP contribution in [-0.4, -0.2) is 19.9 Å². The number of nitrogens with zero attached hydrogens (tertiary/aromatic N) is 4. The van der Waals surface area contributed by atoms with Gasteiger partial charge in [-0.15, -0.1) is 22.7 Å². The van der Waals surface area contributed by atoms with Gasteiger partial charge in [-0.3, -0.25) is 9.97 Å². The summed E-state index contributed by atoms with van der Waals surface area (Å²) in [6, 6.07) is 55.9. The zero-order chi connectivity index (χ0) is 55.6. The average molecular weight is 1110 g/mol. The van der Waals surface area contributed by atoms with Crippen molar-refractivity contribution >= 4 is 66.5 Å². The van der Waals surface area contributed by atoms with E-state index in [9.17, 15) is 0 Å². The smallest absolute Gasteiger partial charge is 0.0996 e. The summed E-state index contributed by atoms with van der Waals surface area (Å²) in [5, 5.41) is 1.94. The third kappa shape index (κ3) is 9.70. The first-order valence-corrected chi connectivity index (χ1v) is 33.1. The van der Waals surface area contributed by atoms with Crippen LogP contribution in [0.5, 0.6) is 0 Å². The molecule has 5 heterocycles. The first kappa shape index (κ1) is 54.4. The van der Waals surface area contributed by atoms with Crippen molar-refractivity contribution in [2.75, 3.05) is 0 Å². The van der Waals surface area contributed by atoms with Crippen molar-refractivity contribution in [3.05, 3.63) is 180 Å². The molecule has 0 saturated heterocycles. The van der Waals surface area contributed by atoms with Crippen molar-refractivity contribution < 1.29 is 0 Å². The fourth-order valence-electron chi connectivity index (χ4n) is 14.7. The number of aromatic nitrogens is 4. The van der Waals surface area contributed by atoms with Gasteiger partial charge in [0.05, 0.1) is 33.1 Å². The number of thiophene rings is 2. The molecular formula is C76H78N4S2. The highest BCUT2D eigenvalue weighted by atomic mass is 32.1. The van der Waals surface area contributed by atoms with E-state index < -0.39 is 0 Å². The Hall–Kier alpha value is -6.86. The molecule has 0 atom stereocenters. The lowest BCUT2D eigenvalue weighted by Gasteiger charge is -2.33. The zero-order valence-corrected chi connectivity index (χ0v) is 50.4.